The fourth-order valence-electron chi connectivity index (χ4n) is 5.70. The van der Waals surface area contributed by atoms with Gasteiger partial charge in [-0.15, -0.1) is 0 Å². The van der Waals surface area contributed by atoms with Crippen LogP contribution in [0.4, 0.5) is 10.5 Å². The molecule has 1 saturated carbocycles. The van der Waals surface area contributed by atoms with Gasteiger partial charge in [0.1, 0.15) is 11.3 Å². The summed E-state index contributed by atoms with van der Waals surface area (Å²) in [5.74, 6) is -0.0233. The van der Waals surface area contributed by atoms with Gasteiger partial charge in [-0.3, -0.25) is 4.90 Å². The maximum Gasteiger partial charge on any atom is 0.336 e. The summed E-state index contributed by atoms with van der Waals surface area (Å²) in [6, 6.07) is 18.3. The standard InChI is InChI=1S/C31H33ClN4O3/c1-2-8-28-34-29-26(32)17-23(36(31(33)39)22-9-4-3-5-10-22)18-27(29)35(28)19-20-13-15-21(16-14-20)24-11-6-7-12-25(24)30(37)38/h6-7,11-18,22H,2-5,8-10,19H2,1H3,(H2,33,39)(H,37,38). The van der Waals surface area contributed by atoms with Crippen LogP contribution in [-0.4, -0.2) is 32.7 Å². The van der Waals surface area contributed by atoms with Crippen LogP contribution in [0, 0.1) is 0 Å². The first-order chi connectivity index (χ1) is 18.9. The van der Waals surface area contributed by atoms with E-state index in [0.29, 0.717) is 28.3 Å². The summed E-state index contributed by atoms with van der Waals surface area (Å²) in [6.45, 7) is 2.68. The number of aromatic nitrogens is 2. The number of nitrogens with zero attached hydrogens (tertiary/aromatic N) is 3. The number of urea groups is 1. The van der Waals surface area contributed by atoms with Crippen molar-refractivity contribution in [2.45, 2.75) is 64.5 Å². The van der Waals surface area contributed by atoms with E-state index in [1.165, 1.54) is 6.42 Å². The van der Waals surface area contributed by atoms with Crippen molar-refractivity contribution < 1.29 is 14.7 Å². The van der Waals surface area contributed by atoms with Crippen LogP contribution in [0.3, 0.4) is 0 Å². The Morgan fingerprint density at radius 1 is 1.08 bits per heavy atom. The summed E-state index contributed by atoms with van der Waals surface area (Å²) in [7, 11) is 0. The molecule has 1 fully saturated rings. The van der Waals surface area contributed by atoms with Crippen LogP contribution in [0.15, 0.2) is 60.7 Å². The number of nitrogens with two attached hydrogens (primary N) is 1. The molecular formula is C31H33ClN4O3. The van der Waals surface area contributed by atoms with E-state index in [-0.39, 0.29) is 11.6 Å². The van der Waals surface area contributed by atoms with Crippen LogP contribution in [-0.2, 0) is 13.0 Å². The number of fused-ring (bicyclic) bond motifs is 1. The highest BCUT2D eigenvalue weighted by Crippen LogP contribution is 2.35. The Morgan fingerprint density at radius 2 is 1.79 bits per heavy atom. The van der Waals surface area contributed by atoms with Gasteiger partial charge in [-0.05, 0) is 54.2 Å². The van der Waals surface area contributed by atoms with Crippen molar-refractivity contribution in [1.29, 1.82) is 0 Å². The van der Waals surface area contributed by atoms with Crippen LogP contribution in [0.2, 0.25) is 5.02 Å². The highest BCUT2D eigenvalue weighted by Gasteiger charge is 2.27. The number of aromatic carboxylic acids is 1. The molecule has 0 unspecified atom stereocenters. The number of carboxylic acids is 1. The van der Waals surface area contributed by atoms with Crippen molar-refractivity contribution in [3.8, 4) is 11.1 Å². The molecule has 202 valence electrons. The normalized spacial score (nSPS) is 14.0. The second-order valence-electron chi connectivity index (χ2n) is 10.2. The Labute approximate surface area is 233 Å². The molecule has 5 rings (SSSR count). The molecule has 0 aliphatic heterocycles. The average molecular weight is 545 g/mol. The number of amides is 2. The number of aryl methyl sites for hydroxylation is 1. The lowest BCUT2D eigenvalue weighted by Crippen LogP contribution is -2.44. The monoisotopic (exact) mass is 544 g/mol. The molecule has 1 aliphatic carbocycles. The van der Waals surface area contributed by atoms with Crippen molar-refractivity contribution >= 4 is 40.3 Å². The van der Waals surface area contributed by atoms with Crippen LogP contribution < -0.4 is 10.6 Å². The molecule has 2 amide bonds. The molecule has 0 saturated heterocycles. The number of carboxylic acid groups (broad SMARTS) is 1. The Hall–Kier alpha value is -3.84. The average Bonchev–Trinajstić information content (AvgIpc) is 3.27. The third-order valence-electron chi connectivity index (χ3n) is 7.56. The van der Waals surface area contributed by atoms with Gasteiger partial charge in [-0.1, -0.05) is 80.3 Å². The number of benzene rings is 3. The Balaban J connectivity index is 1.53. The number of carbonyl (C=O) groups excluding carboxylic acids is 1. The maximum absolute atomic E-state index is 12.6. The summed E-state index contributed by atoms with van der Waals surface area (Å²) in [5, 5.41) is 10.1. The van der Waals surface area contributed by atoms with Gasteiger partial charge in [0.2, 0.25) is 0 Å². The number of hydrogen-bond donors (Lipinski definition) is 2. The summed E-state index contributed by atoms with van der Waals surface area (Å²) in [5.41, 5.74) is 11.0. The molecule has 8 heteroatoms. The second kappa shape index (κ2) is 11.5. The van der Waals surface area contributed by atoms with E-state index >= 15 is 0 Å². The van der Waals surface area contributed by atoms with Crippen LogP contribution >= 0.6 is 11.6 Å². The highest BCUT2D eigenvalue weighted by molar-refractivity contribution is 6.35. The van der Waals surface area contributed by atoms with Gasteiger partial charge in [-0.25, -0.2) is 14.6 Å². The molecule has 39 heavy (non-hydrogen) atoms. The molecule has 0 bridgehead atoms. The van der Waals surface area contributed by atoms with E-state index in [1.54, 1.807) is 17.0 Å². The molecule has 0 radical (unpaired) electrons. The lowest BCUT2D eigenvalue weighted by atomic mass is 9.94. The fourth-order valence-corrected chi connectivity index (χ4v) is 5.95. The van der Waals surface area contributed by atoms with Gasteiger partial charge in [0.25, 0.3) is 0 Å². The Kier molecular flexibility index (Phi) is 7.89. The van der Waals surface area contributed by atoms with Crippen molar-refractivity contribution in [3.63, 3.8) is 0 Å². The molecule has 1 aliphatic rings. The lowest BCUT2D eigenvalue weighted by molar-refractivity contribution is 0.0697. The molecule has 1 aromatic heterocycles. The molecular weight excluding hydrogens is 512 g/mol. The molecule has 7 nitrogen and oxygen atoms in total. The van der Waals surface area contributed by atoms with Crippen LogP contribution in [0.1, 0.15) is 67.2 Å². The predicted molar refractivity (Wildman–Crippen MR) is 156 cm³/mol. The minimum absolute atomic E-state index is 0.0671. The summed E-state index contributed by atoms with van der Waals surface area (Å²) >= 11 is 6.76. The summed E-state index contributed by atoms with van der Waals surface area (Å²) in [4.78, 5) is 30.9. The number of primary amides is 1. The zero-order valence-electron chi connectivity index (χ0n) is 22.1. The first kappa shape index (κ1) is 26.8. The van der Waals surface area contributed by atoms with Gasteiger partial charge in [0, 0.05) is 24.7 Å². The fraction of sp³-hybridized carbons (Fsp3) is 0.323. The second-order valence-corrected chi connectivity index (χ2v) is 10.6. The minimum atomic E-state index is -0.949. The molecule has 0 atom stereocenters. The molecule has 0 spiro atoms. The molecule has 3 aromatic carbocycles. The third-order valence-corrected chi connectivity index (χ3v) is 7.85. The number of halogens is 1. The Bertz CT molecular complexity index is 1510. The van der Waals surface area contributed by atoms with Gasteiger partial charge in [0.05, 0.1) is 16.1 Å². The number of rotatable bonds is 8. The smallest absolute Gasteiger partial charge is 0.336 e. The minimum Gasteiger partial charge on any atom is -0.478 e. The van der Waals surface area contributed by atoms with E-state index in [1.807, 2.05) is 48.5 Å². The number of hydrogen-bond acceptors (Lipinski definition) is 3. The lowest BCUT2D eigenvalue weighted by Gasteiger charge is -2.33. The SMILES string of the molecule is CCCc1nc2c(Cl)cc(N(C(N)=O)C3CCCCC3)cc2n1Cc1ccc(-c2ccccc2C(=O)O)cc1. The molecule has 1 heterocycles. The molecule has 3 N–H and O–H groups in total. The quantitative estimate of drug-likeness (QED) is 0.243. The summed E-state index contributed by atoms with van der Waals surface area (Å²) in [6.07, 6.45) is 6.90. The van der Waals surface area contributed by atoms with Crippen molar-refractivity contribution in [3.05, 3.63) is 82.6 Å². The van der Waals surface area contributed by atoms with Gasteiger partial charge in [-0.2, -0.15) is 0 Å². The third kappa shape index (κ3) is 5.50. The van der Waals surface area contributed by atoms with E-state index in [0.717, 1.165) is 61.0 Å². The molecule has 4 aromatic rings. The maximum atomic E-state index is 12.6. The first-order valence-corrected chi connectivity index (χ1v) is 13.9. The Morgan fingerprint density at radius 3 is 2.46 bits per heavy atom. The van der Waals surface area contributed by atoms with Gasteiger partial charge in [0.15, 0.2) is 0 Å². The number of carbonyl (C=O) groups is 2. The summed E-state index contributed by atoms with van der Waals surface area (Å²) < 4.78 is 2.16. The van der Waals surface area contributed by atoms with E-state index in [9.17, 15) is 14.7 Å². The van der Waals surface area contributed by atoms with Crippen molar-refractivity contribution in [2.24, 2.45) is 5.73 Å². The zero-order valence-corrected chi connectivity index (χ0v) is 22.8. The van der Waals surface area contributed by atoms with E-state index < -0.39 is 12.0 Å². The van der Waals surface area contributed by atoms with Crippen molar-refractivity contribution in [1.82, 2.24) is 9.55 Å². The largest absolute Gasteiger partial charge is 0.478 e. The van der Waals surface area contributed by atoms with E-state index in [4.69, 9.17) is 22.3 Å². The van der Waals surface area contributed by atoms with Crippen LogP contribution in [0.25, 0.3) is 22.2 Å². The number of imidazole rings is 1. The first-order valence-electron chi connectivity index (χ1n) is 13.6. The van der Waals surface area contributed by atoms with E-state index in [2.05, 4.69) is 11.5 Å². The van der Waals surface area contributed by atoms with Crippen LogP contribution in [0.5, 0.6) is 0 Å². The van der Waals surface area contributed by atoms with Gasteiger partial charge >= 0.3 is 12.0 Å². The van der Waals surface area contributed by atoms with Crippen molar-refractivity contribution in [2.75, 3.05) is 4.90 Å². The predicted octanol–water partition coefficient (Wildman–Crippen LogP) is 7.27. The number of anilines is 1. The zero-order chi connectivity index (χ0) is 27.5. The topological polar surface area (TPSA) is 101 Å². The highest BCUT2D eigenvalue weighted by atomic mass is 35.5. The van der Waals surface area contributed by atoms with Gasteiger partial charge < -0.3 is 15.4 Å².